The van der Waals surface area contributed by atoms with Crippen molar-refractivity contribution in [1.82, 2.24) is 15.3 Å². The highest BCUT2D eigenvalue weighted by atomic mass is 16.3. The first kappa shape index (κ1) is 12.6. The summed E-state index contributed by atoms with van der Waals surface area (Å²) in [6.45, 7) is 1.93. The number of H-pyrrole nitrogens is 1. The Morgan fingerprint density at radius 1 is 1.50 bits per heavy atom. The molecule has 0 radical (unpaired) electrons. The van der Waals surface area contributed by atoms with Gasteiger partial charge in [0, 0.05) is 19.4 Å². The minimum atomic E-state index is -0.514. The number of hydrogen-bond donors (Lipinski definition) is 3. The highest BCUT2D eigenvalue weighted by Gasteiger charge is 2.06. The highest BCUT2D eigenvalue weighted by molar-refractivity contribution is 5.77. The maximum absolute atomic E-state index is 11.5. The predicted molar refractivity (Wildman–Crippen MR) is 69.1 cm³/mol. The second-order valence-electron chi connectivity index (χ2n) is 4.35. The zero-order chi connectivity index (χ0) is 13.0. The molecule has 0 aliphatic carbocycles. The van der Waals surface area contributed by atoms with Gasteiger partial charge in [0.05, 0.1) is 17.1 Å². The van der Waals surface area contributed by atoms with Gasteiger partial charge in [-0.25, -0.2) is 4.98 Å². The monoisotopic (exact) mass is 247 g/mol. The maximum Gasteiger partial charge on any atom is 0.220 e. The van der Waals surface area contributed by atoms with Crippen molar-refractivity contribution >= 4 is 16.9 Å². The van der Waals surface area contributed by atoms with E-state index in [2.05, 4.69) is 15.3 Å². The zero-order valence-corrected chi connectivity index (χ0v) is 10.3. The molecule has 1 amide bonds. The molecule has 0 bridgehead atoms. The number of carbonyl (C=O) groups is 1. The van der Waals surface area contributed by atoms with E-state index in [9.17, 15) is 4.79 Å². The van der Waals surface area contributed by atoms with Crippen LogP contribution in [0.3, 0.4) is 0 Å². The van der Waals surface area contributed by atoms with Gasteiger partial charge in [0.1, 0.15) is 5.82 Å². The summed E-state index contributed by atoms with van der Waals surface area (Å²) in [4.78, 5) is 19.0. The van der Waals surface area contributed by atoms with Crippen LogP contribution in [0.25, 0.3) is 11.0 Å². The number of imidazole rings is 1. The van der Waals surface area contributed by atoms with Gasteiger partial charge >= 0.3 is 0 Å². The van der Waals surface area contributed by atoms with E-state index < -0.39 is 6.10 Å². The van der Waals surface area contributed by atoms with Crippen LogP contribution < -0.4 is 5.32 Å². The smallest absolute Gasteiger partial charge is 0.220 e. The van der Waals surface area contributed by atoms with Gasteiger partial charge in [0.15, 0.2) is 0 Å². The highest BCUT2D eigenvalue weighted by Crippen LogP contribution is 2.11. The van der Waals surface area contributed by atoms with E-state index in [1.165, 1.54) is 0 Å². The lowest BCUT2D eigenvalue weighted by Gasteiger charge is -2.05. The molecule has 0 aliphatic heterocycles. The summed E-state index contributed by atoms with van der Waals surface area (Å²) in [5.41, 5.74) is 1.90. The number of benzene rings is 1. The van der Waals surface area contributed by atoms with Crippen LogP contribution in [-0.4, -0.2) is 33.6 Å². The molecule has 0 saturated carbocycles. The number of aliphatic hydroxyl groups excluding tert-OH is 1. The summed E-state index contributed by atoms with van der Waals surface area (Å²) >= 11 is 0. The number of fused-ring (bicyclic) bond motifs is 1. The van der Waals surface area contributed by atoms with Gasteiger partial charge in [0.2, 0.25) is 5.91 Å². The Morgan fingerprint density at radius 2 is 2.28 bits per heavy atom. The second kappa shape index (κ2) is 5.64. The van der Waals surface area contributed by atoms with Crippen LogP contribution >= 0.6 is 0 Å². The van der Waals surface area contributed by atoms with E-state index in [-0.39, 0.29) is 5.91 Å². The molecule has 1 unspecified atom stereocenters. The van der Waals surface area contributed by atoms with Crippen LogP contribution in [-0.2, 0) is 11.2 Å². The topological polar surface area (TPSA) is 78.0 Å². The van der Waals surface area contributed by atoms with Gasteiger partial charge in [-0.3, -0.25) is 4.79 Å². The molecule has 2 rings (SSSR count). The number of para-hydroxylation sites is 2. The Bertz CT molecular complexity index is 501. The largest absolute Gasteiger partial charge is 0.392 e. The van der Waals surface area contributed by atoms with E-state index in [0.29, 0.717) is 19.4 Å². The van der Waals surface area contributed by atoms with Crippen molar-refractivity contribution in [1.29, 1.82) is 0 Å². The Balaban J connectivity index is 1.88. The maximum atomic E-state index is 11.5. The first-order valence-electron chi connectivity index (χ1n) is 6.03. The molecule has 0 aliphatic rings. The summed E-state index contributed by atoms with van der Waals surface area (Å²) < 4.78 is 0. The van der Waals surface area contributed by atoms with Crippen LogP contribution in [0.15, 0.2) is 24.3 Å². The van der Waals surface area contributed by atoms with E-state index >= 15 is 0 Å². The quantitative estimate of drug-likeness (QED) is 0.737. The molecule has 96 valence electrons. The Labute approximate surface area is 105 Å². The van der Waals surface area contributed by atoms with Crippen LogP contribution in [0, 0.1) is 0 Å². The number of hydrogen-bond acceptors (Lipinski definition) is 3. The van der Waals surface area contributed by atoms with Crippen molar-refractivity contribution in [3.05, 3.63) is 30.1 Å². The second-order valence-corrected chi connectivity index (χ2v) is 4.35. The lowest BCUT2D eigenvalue weighted by atomic mass is 10.3. The van der Waals surface area contributed by atoms with Crippen LogP contribution in [0.2, 0.25) is 0 Å². The molecule has 1 heterocycles. The molecule has 5 nitrogen and oxygen atoms in total. The Morgan fingerprint density at radius 3 is 3.00 bits per heavy atom. The lowest BCUT2D eigenvalue weighted by molar-refractivity contribution is -0.121. The normalized spacial score (nSPS) is 12.6. The van der Waals surface area contributed by atoms with Gasteiger partial charge in [-0.1, -0.05) is 12.1 Å². The molecule has 1 atom stereocenters. The number of aliphatic hydroxyl groups is 1. The molecular formula is C13H17N3O2. The Kier molecular flexibility index (Phi) is 3.94. The molecule has 5 heteroatoms. The van der Waals surface area contributed by atoms with Gasteiger partial charge in [-0.15, -0.1) is 0 Å². The molecule has 0 fully saturated rings. The molecule has 3 N–H and O–H groups in total. The standard InChI is InChI=1S/C13H17N3O2/c1-9(17)8-14-13(18)7-6-12-15-10-4-2-3-5-11(10)16-12/h2-5,9,17H,6-8H2,1H3,(H,14,18)(H,15,16). The summed E-state index contributed by atoms with van der Waals surface area (Å²) in [6, 6.07) is 7.77. The molecule has 18 heavy (non-hydrogen) atoms. The fourth-order valence-electron chi connectivity index (χ4n) is 1.71. The number of nitrogens with one attached hydrogen (secondary N) is 2. The molecular weight excluding hydrogens is 230 g/mol. The zero-order valence-electron chi connectivity index (χ0n) is 10.3. The summed E-state index contributed by atoms with van der Waals surface area (Å²) in [7, 11) is 0. The van der Waals surface area contributed by atoms with Crippen molar-refractivity contribution in [2.75, 3.05) is 6.54 Å². The third-order valence-corrected chi connectivity index (χ3v) is 2.62. The summed E-state index contributed by atoms with van der Waals surface area (Å²) in [6.07, 6.45) is 0.424. The van der Waals surface area contributed by atoms with E-state index in [4.69, 9.17) is 5.11 Å². The first-order valence-corrected chi connectivity index (χ1v) is 6.03. The fourth-order valence-corrected chi connectivity index (χ4v) is 1.71. The molecule has 2 aromatic rings. The number of carbonyl (C=O) groups excluding carboxylic acids is 1. The fraction of sp³-hybridized carbons (Fsp3) is 0.385. The van der Waals surface area contributed by atoms with Gasteiger partial charge in [-0.05, 0) is 19.1 Å². The van der Waals surface area contributed by atoms with Crippen molar-refractivity contribution in [2.24, 2.45) is 0 Å². The lowest BCUT2D eigenvalue weighted by Crippen LogP contribution is -2.30. The van der Waals surface area contributed by atoms with Crippen molar-refractivity contribution < 1.29 is 9.90 Å². The third kappa shape index (κ3) is 3.30. The Hall–Kier alpha value is -1.88. The van der Waals surface area contributed by atoms with E-state index in [1.54, 1.807) is 6.92 Å². The van der Waals surface area contributed by atoms with E-state index in [1.807, 2.05) is 24.3 Å². The minimum Gasteiger partial charge on any atom is -0.392 e. The molecule has 0 saturated heterocycles. The molecule has 1 aromatic carbocycles. The van der Waals surface area contributed by atoms with Gasteiger partial charge < -0.3 is 15.4 Å². The number of aromatic amines is 1. The van der Waals surface area contributed by atoms with Gasteiger partial charge in [0.25, 0.3) is 0 Å². The molecule has 0 spiro atoms. The SMILES string of the molecule is CC(O)CNC(=O)CCc1nc2ccccc2[nH]1. The van der Waals surface area contributed by atoms with Crippen molar-refractivity contribution in [3.63, 3.8) is 0 Å². The van der Waals surface area contributed by atoms with Gasteiger partial charge in [-0.2, -0.15) is 0 Å². The predicted octanol–water partition coefficient (Wildman–Crippen LogP) is 0.992. The number of aryl methyl sites for hydroxylation is 1. The number of nitrogens with zero attached hydrogens (tertiary/aromatic N) is 1. The van der Waals surface area contributed by atoms with Crippen LogP contribution in [0.4, 0.5) is 0 Å². The number of rotatable bonds is 5. The summed E-state index contributed by atoms with van der Waals surface area (Å²) in [5.74, 6) is 0.736. The van der Waals surface area contributed by atoms with E-state index in [0.717, 1.165) is 16.9 Å². The summed E-state index contributed by atoms with van der Waals surface area (Å²) in [5, 5.41) is 11.7. The molecule has 1 aromatic heterocycles. The number of amides is 1. The van der Waals surface area contributed by atoms with Crippen molar-refractivity contribution in [2.45, 2.75) is 25.9 Å². The van der Waals surface area contributed by atoms with Crippen molar-refractivity contribution in [3.8, 4) is 0 Å². The first-order chi connectivity index (χ1) is 8.65. The van der Waals surface area contributed by atoms with Crippen LogP contribution in [0.5, 0.6) is 0 Å². The average molecular weight is 247 g/mol. The third-order valence-electron chi connectivity index (χ3n) is 2.62. The number of aromatic nitrogens is 2. The average Bonchev–Trinajstić information content (AvgIpc) is 2.76. The minimum absolute atomic E-state index is 0.0728. The van der Waals surface area contributed by atoms with Crippen LogP contribution in [0.1, 0.15) is 19.2 Å².